The number of methoxy groups -OCH3 is 2. The van der Waals surface area contributed by atoms with Crippen LogP contribution in [0.5, 0.6) is 11.5 Å². The molecule has 0 bridgehead atoms. The first-order valence-corrected chi connectivity index (χ1v) is 10.2. The van der Waals surface area contributed by atoms with Gasteiger partial charge in [0.25, 0.3) is 11.5 Å². The van der Waals surface area contributed by atoms with Crippen LogP contribution in [0.3, 0.4) is 0 Å². The summed E-state index contributed by atoms with van der Waals surface area (Å²) in [6.07, 6.45) is 2.07. The summed E-state index contributed by atoms with van der Waals surface area (Å²) < 4.78 is 17.3. The van der Waals surface area contributed by atoms with Gasteiger partial charge in [-0.2, -0.15) is 9.78 Å². The minimum atomic E-state index is -0.427. The number of ether oxygens (including phenoxy) is 2. The van der Waals surface area contributed by atoms with Crippen molar-refractivity contribution in [3.8, 4) is 28.9 Å². The first-order chi connectivity index (χ1) is 15.9. The lowest BCUT2D eigenvalue weighted by Gasteiger charge is -2.11. The molecule has 0 spiro atoms. The first-order valence-electron chi connectivity index (χ1n) is 10.2. The summed E-state index contributed by atoms with van der Waals surface area (Å²) in [5, 5.41) is 7.33. The van der Waals surface area contributed by atoms with Crippen LogP contribution in [0.4, 0.5) is 5.82 Å². The summed E-state index contributed by atoms with van der Waals surface area (Å²) in [5.74, 6) is 1.48. The van der Waals surface area contributed by atoms with Crippen LogP contribution >= 0.6 is 0 Å². The third-order valence-electron chi connectivity index (χ3n) is 5.10. The molecule has 33 heavy (non-hydrogen) atoms. The number of furan rings is 1. The van der Waals surface area contributed by atoms with Crippen LogP contribution in [0.15, 0.2) is 51.9 Å². The summed E-state index contributed by atoms with van der Waals surface area (Å²) >= 11 is 0. The summed E-state index contributed by atoms with van der Waals surface area (Å²) in [6.45, 7) is 3.64. The van der Waals surface area contributed by atoms with Crippen molar-refractivity contribution >= 4 is 11.7 Å². The third kappa shape index (κ3) is 4.36. The monoisotopic (exact) mass is 449 g/mol. The summed E-state index contributed by atoms with van der Waals surface area (Å²) in [6, 6.07) is 9.96. The number of aromatic amines is 1. The van der Waals surface area contributed by atoms with Crippen LogP contribution in [0, 0.1) is 6.92 Å². The number of H-pyrrole nitrogens is 1. The second kappa shape index (κ2) is 9.03. The zero-order valence-electron chi connectivity index (χ0n) is 18.6. The second-order valence-electron chi connectivity index (χ2n) is 7.17. The molecule has 0 saturated carbocycles. The van der Waals surface area contributed by atoms with Crippen LogP contribution in [0.2, 0.25) is 0 Å². The second-order valence-corrected chi connectivity index (χ2v) is 7.17. The Balaban J connectivity index is 1.78. The van der Waals surface area contributed by atoms with Crippen molar-refractivity contribution < 1.29 is 18.7 Å². The van der Waals surface area contributed by atoms with E-state index < -0.39 is 5.91 Å². The fourth-order valence-electron chi connectivity index (χ4n) is 3.42. The lowest BCUT2D eigenvalue weighted by atomic mass is 10.2. The van der Waals surface area contributed by atoms with E-state index >= 15 is 0 Å². The molecule has 0 atom stereocenters. The molecular weight excluding hydrogens is 426 g/mol. The van der Waals surface area contributed by atoms with Gasteiger partial charge in [-0.15, -0.1) is 0 Å². The van der Waals surface area contributed by atoms with Gasteiger partial charge in [-0.05, 0) is 37.6 Å². The molecule has 0 aliphatic rings. The van der Waals surface area contributed by atoms with E-state index in [4.69, 9.17) is 13.9 Å². The number of benzene rings is 1. The van der Waals surface area contributed by atoms with Gasteiger partial charge in [0, 0.05) is 29.0 Å². The van der Waals surface area contributed by atoms with Gasteiger partial charge in [0.1, 0.15) is 23.0 Å². The van der Waals surface area contributed by atoms with Crippen LogP contribution in [0.1, 0.15) is 28.5 Å². The largest absolute Gasteiger partial charge is 0.497 e. The van der Waals surface area contributed by atoms with Crippen LogP contribution in [-0.2, 0) is 6.42 Å². The van der Waals surface area contributed by atoms with Gasteiger partial charge in [0.05, 0.1) is 20.5 Å². The minimum Gasteiger partial charge on any atom is -0.497 e. The molecule has 4 aromatic rings. The molecule has 0 aliphatic carbocycles. The Labute approximate surface area is 189 Å². The Morgan fingerprint density at radius 1 is 1.18 bits per heavy atom. The molecule has 0 unspecified atom stereocenters. The van der Waals surface area contributed by atoms with Crippen molar-refractivity contribution in [3.05, 3.63) is 69.8 Å². The third-order valence-corrected chi connectivity index (χ3v) is 5.10. The van der Waals surface area contributed by atoms with Crippen molar-refractivity contribution in [3.63, 3.8) is 0 Å². The maximum Gasteiger partial charge on any atom is 0.257 e. The van der Waals surface area contributed by atoms with Crippen molar-refractivity contribution in [1.29, 1.82) is 0 Å². The Hall–Kier alpha value is -4.34. The lowest BCUT2D eigenvalue weighted by molar-refractivity contribution is 0.102. The number of hydrogen-bond acceptors (Lipinski definition) is 7. The Kier molecular flexibility index (Phi) is 5.99. The molecule has 3 aromatic heterocycles. The number of nitrogens with one attached hydrogen (secondary N) is 2. The Bertz CT molecular complexity index is 1330. The average molecular weight is 449 g/mol. The van der Waals surface area contributed by atoms with Gasteiger partial charge < -0.3 is 19.2 Å². The Morgan fingerprint density at radius 2 is 1.91 bits per heavy atom. The summed E-state index contributed by atoms with van der Waals surface area (Å²) in [7, 11) is 3.01. The van der Waals surface area contributed by atoms with Crippen LogP contribution in [-0.4, -0.2) is 39.9 Å². The van der Waals surface area contributed by atoms with Gasteiger partial charge in [0.2, 0.25) is 5.95 Å². The quantitative estimate of drug-likeness (QED) is 0.443. The number of carbonyl (C=O) groups excluding carboxylic acids is 1. The van der Waals surface area contributed by atoms with Crippen LogP contribution in [0.25, 0.3) is 17.4 Å². The smallest absolute Gasteiger partial charge is 0.257 e. The molecule has 0 aliphatic heterocycles. The number of carbonyl (C=O) groups is 1. The number of hydrogen-bond donors (Lipinski definition) is 2. The van der Waals surface area contributed by atoms with E-state index in [0.717, 1.165) is 0 Å². The number of nitrogens with zero attached hydrogens (tertiary/aromatic N) is 3. The highest BCUT2D eigenvalue weighted by molar-refractivity contribution is 6.04. The van der Waals surface area contributed by atoms with Gasteiger partial charge >= 0.3 is 0 Å². The SMILES string of the molecule is CCc1c(C)nc(-n2nc(-c3ccco3)cc2NC(=O)c2cc(OC)cc(OC)c2)[nH]c1=O. The first kappa shape index (κ1) is 21.9. The molecule has 1 amide bonds. The number of aryl methyl sites for hydroxylation is 1. The molecular formula is C23H23N5O5. The highest BCUT2D eigenvalue weighted by Crippen LogP contribution is 2.26. The molecule has 0 radical (unpaired) electrons. The van der Waals surface area contributed by atoms with E-state index in [0.29, 0.717) is 52.0 Å². The summed E-state index contributed by atoms with van der Waals surface area (Å²) in [5.41, 5.74) is 1.69. The van der Waals surface area contributed by atoms with Crippen molar-refractivity contribution in [1.82, 2.24) is 19.7 Å². The van der Waals surface area contributed by atoms with E-state index in [2.05, 4.69) is 20.4 Å². The standard InChI is InChI=1S/C23H23N5O5/c1-5-17-13(2)24-23(26-22(17)30)28-20(12-18(27-28)19-7-6-8-33-19)25-21(29)14-9-15(31-3)11-16(10-14)32-4/h6-12H,5H2,1-4H3,(H,25,29)(H,24,26,30). The maximum absolute atomic E-state index is 13.1. The highest BCUT2D eigenvalue weighted by atomic mass is 16.5. The van der Waals surface area contributed by atoms with Crippen LogP contribution < -0.4 is 20.3 Å². The van der Waals surface area contributed by atoms with Crippen molar-refractivity contribution in [2.45, 2.75) is 20.3 Å². The van der Waals surface area contributed by atoms with Crippen molar-refractivity contribution in [2.75, 3.05) is 19.5 Å². The Morgan fingerprint density at radius 3 is 2.48 bits per heavy atom. The molecule has 10 nitrogen and oxygen atoms in total. The number of anilines is 1. The number of rotatable bonds is 7. The predicted molar refractivity (Wildman–Crippen MR) is 121 cm³/mol. The van der Waals surface area contributed by atoms with Gasteiger partial charge in [-0.3, -0.25) is 14.6 Å². The van der Waals surface area contributed by atoms with Gasteiger partial charge in [0.15, 0.2) is 5.76 Å². The number of aromatic nitrogens is 4. The normalized spacial score (nSPS) is 10.8. The fourth-order valence-corrected chi connectivity index (χ4v) is 3.42. The highest BCUT2D eigenvalue weighted by Gasteiger charge is 2.19. The van der Waals surface area contributed by atoms with Gasteiger partial charge in [-0.25, -0.2) is 4.98 Å². The summed E-state index contributed by atoms with van der Waals surface area (Å²) in [4.78, 5) is 32.8. The molecule has 2 N–H and O–H groups in total. The van der Waals surface area contributed by atoms with Gasteiger partial charge in [-0.1, -0.05) is 6.92 Å². The zero-order valence-corrected chi connectivity index (χ0v) is 18.6. The molecule has 4 rings (SSSR count). The van der Waals surface area contributed by atoms with E-state index in [1.807, 2.05) is 6.92 Å². The fraction of sp³-hybridized carbons (Fsp3) is 0.217. The van der Waals surface area contributed by atoms with E-state index in [-0.39, 0.29) is 11.5 Å². The lowest BCUT2D eigenvalue weighted by Crippen LogP contribution is -2.22. The number of amides is 1. The molecule has 0 fully saturated rings. The average Bonchev–Trinajstić information content (AvgIpc) is 3.48. The zero-order chi connectivity index (χ0) is 23.5. The van der Waals surface area contributed by atoms with Crippen molar-refractivity contribution in [2.24, 2.45) is 0 Å². The van der Waals surface area contributed by atoms with E-state index in [1.165, 1.54) is 25.2 Å². The van der Waals surface area contributed by atoms with E-state index in [9.17, 15) is 9.59 Å². The predicted octanol–water partition coefficient (Wildman–Crippen LogP) is 3.36. The van der Waals surface area contributed by atoms with E-state index in [1.54, 1.807) is 43.3 Å². The maximum atomic E-state index is 13.1. The molecule has 170 valence electrons. The molecule has 3 heterocycles. The minimum absolute atomic E-state index is 0.172. The molecule has 1 aromatic carbocycles. The topological polar surface area (TPSA) is 124 Å². The molecule has 0 saturated heterocycles. The molecule has 10 heteroatoms.